The van der Waals surface area contributed by atoms with Gasteiger partial charge in [0.2, 0.25) is 0 Å². The summed E-state index contributed by atoms with van der Waals surface area (Å²) in [4.78, 5) is 15.8. The summed E-state index contributed by atoms with van der Waals surface area (Å²) >= 11 is 0. The van der Waals surface area contributed by atoms with E-state index in [0.29, 0.717) is 5.92 Å². The number of hydrogen-bond acceptors (Lipinski definition) is 6. The summed E-state index contributed by atoms with van der Waals surface area (Å²) in [7, 11) is 0. The summed E-state index contributed by atoms with van der Waals surface area (Å²) in [5.74, 6) is 1.45. The molecular formula is C20H23N5O. The van der Waals surface area contributed by atoms with E-state index in [2.05, 4.69) is 32.2 Å². The Hall–Kier alpha value is -2.60. The molecule has 134 valence electrons. The van der Waals surface area contributed by atoms with Crippen molar-refractivity contribution >= 4 is 0 Å². The van der Waals surface area contributed by atoms with Gasteiger partial charge in [-0.1, -0.05) is 11.2 Å². The van der Waals surface area contributed by atoms with Crippen molar-refractivity contribution in [1.82, 2.24) is 25.0 Å². The van der Waals surface area contributed by atoms with E-state index in [0.717, 1.165) is 60.2 Å². The molecule has 26 heavy (non-hydrogen) atoms. The molecule has 0 spiro atoms. The second-order valence-electron chi connectivity index (χ2n) is 7.00. The summed E-state index contributed by atoms with van der Waals surface area (Å²) in [5, 5.41) is 4.04. The highest BCUT2D eigenvalue weighted by Crippen LogP contribution is 2.27. The lowest BCUT2D eigenvalue weighted by atomic mass is 10.0. The average Bonchev–Trinajstić information content (AvgIpc) is 3.22. The van der Waals surface area contributed by atoms with Gasteiger partial charge in [-0.05, 0) is 51.3 Å². The number of nitrogens with zero attached hydrogens (tertiary/aromatic N) is 5. The zero-order valence-electron chi connectivity index (χ0n) is 15.2. The van der Waals surface area contributed by atoms with E-state index in [4.69, 9.17) is 9.51 Å². The highest BCUT2D eigenvalue weighted by atomic mass is 16.5. The van der Waals surface area contributed by atoms with E-state index in [1.54, 1.807) is 12.4 Å². The summed E-state index contributed by atoms with van der Waals surface area (Å²) < 4.78 is 5.29. The molecular weight excluding hydrogens is 326 g/mol. The molecule has 0 radical (unpaired) electrons. The predicted molar refractivity (Wildman–Crippen MR) is 98.3 cm³/mol. The third kappa shape index (κ3) is 3.65. The fourth-order valence-corrected chi connectivity index (χ4v) is 3.74. The molecule has 6 heteroatoms. The van der Waals surface area contributed by atoms with E-state index in [-0.39, 0.29) is 0 Å². The third-order valence-electron chi connectivity index (χ3n) is 4.97. The maximum absolute atomic E-state index is 5.29. The lowest BCUT2D eigenvalue weighted by Crippen LogP contribution is -2.21. The predicted octanol–water partition coefficient (Wildman–Crippen LogP) is 3.21. The Kier molecular flexibility index (Phi) is 4.75. The zero-order chi connectivity index (χ0) is 17.9. The van der Waals surface area contributed by atoms with Gasteiger partial charge in [0.05, 0.1) is 22.6 Å². The van der Waals surface area contributed by atoms with Crippen molar-refractivity contribution < 1.29 is 4.52 Å². The van der Waals surface area contributed by atoms with Crippen molar-refractivity contribution in [2.75, 3.05) is 13.1 Å². The number of aryl methyl sites for hydroxylation is 2. The molecule has 0 saturated carbocycles. The standard InChI is InChI=1S/C20H23N5O/c1-14-20(15(2)26-24-14)19-5-3-4-17(23-19)10-16-6-9-25(12-16)13-18-11-21-7-8-22-18/h3-5,7-8,11,16H,6,9-10,12-13H2,1-2H3/t16-/m1/s1. The molecule has 0 bridgehead atoms. The van der Waals surface area contributed by atoms with Crippen molar-refractivity contribution in [2.45, 2.75) is 33.2 Å². The monoisotopic (exact) mass is 349 g/mol. The van der Waals surface area contributed by atoms with Crippen LogP contribution in [0.3, 0.4) is 0 Å². The molecule has 1 saturated heterocycles. The lowest BCUT2D eigenvalue weighted by molar-refractivity contribution is 0.312. The van der Waals surface area contributed by atoms with Gasteiger partial charge in [-0.15, -0.1) is 0 Å². The second-order valence-corrected chi connectivity index (χ2v) is 7.00. The van der Waals surface area contributed by atoms with Crippen LogP contribution in [0.25, 0.3) is 11.3 Å². The minimum absolute atomic E-state index is 0.624. The number of rotatable bonds is 5. The van der Waals surface area contributed by atoms with Crippen LogP contribution in [-0.2, 0) is 13.0 Å². The van der Waals surface area contributed by atoms with Crippen molar-refractivity contribution in [2.24, 2.45) is 5.92 Å². The second kappa shape index (κ2) is 7.33. The van der Waals surface area contributed by atoms with Crippen molar-refractivity contribution in [3.8, 4) is 11.3 Å². The van der Waals surface area contributed by atoms with Gasteiger partial charge >= 0.3 is 0 Å². The van der Waals surface area contributed by atoms with Crippen molar-refractivity contribution in [1.29, 1.82) is 0 Å². The van der Waals surface area contributed by atoms with Gasteiger partial charge in [0.1, 0.15) is 5.76 Å². The first-order valence-electron chi connectivity index (χ1n) is 9.05. The number of likely N-dealkylation sites (tertiary alicyclic amines) is 1. The Morgan fingerprint density at radius 2 is 2.12 bits per heavy atom. The Balaban J connectivity index is 1.41. The van der Waals surface area contributed by atoms with Crippen molar-refractivity contribution in [3.63, 3.8) is 0 Å². The van der Waals surface area contributed by atoms with Gasteiger partial charge in [0.15, 0.2) is 0 Å². The highest BCUT2D eigenvalue weighted by Gasteiger charge is 2.23. The topological polar surface area (TPSA) is 67.9 Å². The van der Waals surface area contributed by atoms with Gasteiger partial charge in [-0.2, -0.15) is 0 Å². The highest BCUT2D eigenvalue weighted by molar-refractivity contribution is 5.63. The summed E-state index contributed by atoms with van der Waals surface area (Å²) in [6, 6.07) is 6.23. The molecule has 4 rings (SSSR count). The minimum atomic E-state index is 0.624. The first-order valence-corrected chi connectivity index (χ1v) is 9.05. The van der Waals surface area contributed by atoms with Crippen LogP contribution in [0.2, 0.25) is 0 Å². The van der Waals surface area contributed by atoms with Crippen LogP contribution in [-0.4, -0.2) is 38.1 Å². The average molecular weight is 349 g/mol. The van der Waals surface area contributed by atoms with Gasteiger partial charge in [0.25, 0.3) is 0 Å². The Bertz CT molecular complexity index is 857. The van der Waals surface area contributed by atoms with E-state index in [1.807, 2.05) is 26.1 Å². The normalized spacial score (nSPS) is 17.7. The molecule has 0 unspecified atom stereocenters. The van der Waals surface area contributed by atoms with Crippen molar-refractivity contribution in [3.05, 3.63) is 59.6 Å². The zero-order valence-corrected chi connectivity index (χ0v) is 15.2. The molecule has 1 aliphatic heterocycles. The fraction of sp³-hybridized carbons (Fsp3) is 0.400. The molecule has 0 amide bonds. The van der Waals surface area contributed by atoms with E-state index in [9.17, 15) is 0 Å². The quantitative estimate of drug-likeness (QED) is 0.704. The molecule has 3 aromatic heterocycles. The molecule has 1 atom stereocenters. The smallest absolute Gasteiger partial charge is 0.143 e. The fourth-order valence-electron chi connectivity index (χ4n) is 3.74. The number of aromatic nitrogens is 4. The van der Waals surface area contributed by atoms with E-state index >= 15 is 0 Å². The SMILES string of the molecule is Cc1noc(C)c1-c1cccc(C[C@H]2CCN(Cc3cnccn3)C2)n1. The van der Waals surface area contributed by atoms with Crippen LogP contribution < -0.4 is 0 Å². The molecule has 0 N–H and O–H groups in total. The number of hydrogen-bond donors (Lipinski definition) is 0. The first kappa shape index (κ1) is 16.8. The molecule has 6 nitrogen and oxygen atoms in total. The summed E-state index contributed by atoms with van der Waals surface area (Å²) in [5.41, 5.74) is 5.03. The van der Waals surface area contributed by atoms with Crippen LogP contribution >= 0.6 is 0 Å². The van der Waals surface area contributed by atoms with Crippen LogP contribution in [0.4, 0.5) is 0 Å². The van der Waals surface area contributed by atoms with Gasteiger partial charge < -0.3 is 4.52 Å². The molecule has 3 aromatic rings. The molecule has 1 fully saturated rings. The third-order valence-corrected chi connectivity index (χ3v) is 4.97. The Morgan fingerprint density at radius 3 is 2.88 bits per heavy atom. The van der Waals surface area contributed by atoms with E-state index in [1.165, 1.54) is 6.42 Å². The largest absolute Gasteiger partial charge is 0.361 e. The van der Waals surface area contributed by atoms with Crippen LogP contribution in [0.5, 0.6) is 0 Å². The molecule has 0 aliphatic carbocycles. The molecule has 1 aliphatic rings. The van der Waals surface area contributed by atoms with Crippen LogP contribution in [0, 0.1) is 19.8 Å². The Labute approximate surface area is 153 Å². The van der Waals surface area contributed by atoms with Crippen LogP contribution in [0.15, 0.2) is 41.3 Å². The summed E-state index contributed by atoms with van der Waals surface area (Å²) in [6.45, 7) is 6.95. The van der Waals surface area contributed by atoms with Gasteiger partial charge in [0, 0.05) is 37.4 Å². The summed E-state index contributed by atoms with van der Waals surface area (Å²) in [6.07, 6.45) is 7.51. The minimum Gasteiger partial charge on any atom is -0.361 e. The molecule has 4 heterocycles. The van der Waals surface area contributed by atoms with Gasteiger partial charge in [-0.3, -0.25) is 19.9 Å². The Morgan fingerprint density at radius 1 is 1.19 bits per heavy atom. The van der Waals surface area contributed by atoms with Crippen LogP contribution in [0.1, 0.15) is 29.3 Å². The maximum atomic E-state index is 5.29. The van der Waals surface area contributed by atoms with E-state index < -0.39 is 0 Å². The maximum Gasteiger partial charge on any atom is 0.143 e. The number of pyridine rings is 1. The lowest BCUT2D eigenvalue weighted by Gasteiger charge is -2.15. The van der Waals surface area contributed by atoms with Gasteiger partial charge in [-0.25, -0.2) is 0 Å². The first-order chi connectivity index (χ1) is 12.7. The molecule has 0 aromatic carbocycles.